The van der Waals surface area contributed by atoms with Gasteiger partial charge >= 0.3 is 0 Å². The first-order chi connectivity index (χ1) is 12.5. The van der Waals surface area contributed by atoms with E-state index in [4.69, 9.17) is 11.6 Å². The van der Waals surface area contributed by atoms with Crippen molar-refractivity contribution in [2.24, 2.45) is 0 Å². The summed E-state index contributed by atoms with van der Waals surface area (Å²) in [5.41, 5.74) is -0.209. The molecule has 0 spiro atoms. The maximum Gasteiger partial charge on any atom is 0.286 e. The number of halogens is 3. The smallest absolute Gasteiger partial charge is 0.286 e. The molecule has 1 N–H and O–H groups in total. The summed E-state index contributed by atoms with van der Waals surface area (Å²) < 4.78 is 29.9. The molecule has 4 nitrogen and oxygen atoms in total. The van der Waals surface area contributed by atoms with Gasteiger partial charge in [-0.15, -0.1) is 0 Å². The lowest BCUT2D eigenvalue weighted by Crippen LogP contribution is -2.45. The van der Waals surface area contributed by atoms with Crippen LogP contribution in [0.1, 0.15) is 16.8 Å². The molecule has 7 heteroatoms. The molecule has 0 fully saturated rings. The Kier molecular flexibility index (Phi) is 4.00. The van der Waals surface area contributed by atoms with E-state index in [2.05, 4.69) is 10.3 Å². The fourth-order valence-corrected chi connectivity index (χ4v) is 3.70. The van der Waals surface area contributed by atoms with Crippen molar-refractivity contribution in [2.45, 2.75) is 18.3 Å². The first kappa shape index (κ1) is 16.7. The third kappa shape index (κ3) is 2.49. The normalized spacial score (nSPS) is 18.2. The molecule has 4 rings (SSSR count). The molecule has 1 aliphatic rings. The van der Waals surface area contributed by atoms with Crippen molar-refractivity contribution in [1.82, 2.24) is 4.98 Å². The van der Waals surface area contributed by atoms with Gasteiger partial charge in [-0.1, -0.05) is 17.7 Å². The third-order valence-corrected chi connectivity index (χ3v) is 4.95. The Balaban J connectivity index is 2.03. The van der Waals surface area contributed by atoms with Crippen LogP contribution in [0.2, 0.25) is 5.02 Å². The standard InChI is InChI=1S/C19H14ClF2N3O/c20-12-6-7-16-15(10-12)19(18(21)22,11-13-4-1-2-8-23-13)14-5-3-9-25(26)17(14)24-16/h1-10,18,24H,11H2. The van der Waals surface area contributed by atoms with E-state index in [1.807, 2.05) is 0 Å². The lowest BCUT2D eigenvalue weighted by atomic mass is 9.69. The highest BCUT2D eigenvalue weighted by atomic mass is 35.5. The maximum atomic E-state index is 14.7. The van der Waals surface area contributed by atoms with Crippen LogP contribution in [0.25, 0.3) is 0 Å². The van der Waals surface area contributed by atoms with Gasteiger partial charge in [-0.25, -0.2) is 18.8 Å². The number of nitrogens with one attached hydrogen (secondary N) is 1. The van der Waals surface area contributed by atoms with Gasteiger partial charge in [-0.3, -0.25) is 4.98 Å². The van der Waals surface area contributed by atoms with Crippen molar-refractivity contribution in [3.8, 4) is 0 Å². The summed E-state index contributed by atoms with van der Waals surface area (Å²) >= 11 is 6.11. The maximum absolute atomic E-state index is 14.7. The average Bonchev–Trinajstić information content (AvgIpc) is 2.63. The van der Waals surface area contributed by atoms with E-state index in [1.165, 1.54) is 18.3 Å². The minimum Gasteiger partial charge on any atom is -0.711 e. The molecule has 1 atom stereocenters. The van der Waals surface area contributed by atoms with Crippen LogP contribution in [0.15, 0.2) is 60.9 Å². The quantitative estimate of drug-likeness (QED) is 0.552. The van der Waals surface area contributed by atoms with Gasteiger partial charge in [0.15, 0.2) is 0 Å². The van der Waals surface area contributed by atoms with Gasteiger partial charge in [0.05, 0.1) is 17.2 Å². The van der Waals surface area contributed by atoms with Crippen molar-refractivity contribution in [2.75, 3.05) is 5.32 Å². The van der Waals surface area contributed by atoms with E-state index < -0.39 is 11.8 Å². The third-order valence-electron chi connectivity index (χ3n) is 4.71. The predicted octanol–water partition coefficient (Wildman–Crippen LogP) is 4.22. The van der Waals surface area contributed by atoms with Crippen molar-refractivity contribution < 1.29 is 13.5 Å². The average molecular weight is 374 g/mol. The molecular weight excluding hydrogens is 360 g/mol. The lowest BCUT2D eigenvalue weighted by molar-refractivity contribution is -0.590. The predicted molar refractivity (Wildman–Crippen MR) is 94.9 cm³/mol. The number of alkyl halides is 2. The zero-order valence-electron chi connectivity index (χ0n) is 13.5. The molecule has 132 valence electrons. The molecular formula is C19H14ClF2N3O. The van der Waals surface area contributed by atoms with Gasteiger partial charge in [0.1, 0.15) is 5.69 Å². The number of aromatic nitrogens is 2. The molecule has 26 heavy (non-hydrogen) atoms. The summed E-state index contributed by atoms with van der Waals surface area (Å²) in [6.07, 6.45) is 0.0140. The van der Waals surface area contributed by atoms with Crippen LogP contribution in [0.5, 0.6) is 0 Å². The van der Waals surface area contributed by atoms with Crippen LogP contribution in [0.4, 0.5) is 20.3 Å². The molecule has 1 unspecified atom stereocenters. The molecule has 3 heterocycles. The number of hydrogen-bond donors (Lipinski definition) is 1. The van der Waals surface area contributed by atoms with E-state index >= 15 is 0 Å². The second kappa shape index (κ2) is 6.21. The molecule has 0 aliphatic carbocycles. The van der Waals surface area contributed by atoms with Gasteiger partial charge in [0, 0.05) is 28.9 Å². The number of hydrogen-bond acceptors (Lipinski definition) is 3. The summed E-state index contributed by atoms with van der Waals surface area (Å²) in [4.78, 5) is 4.22. The molecule has 1 aromatic carbocycles. The van der Waals surface area contributed by atoms with Crippen LogP contribution in [-0.2, 0) is 11.8 Å². The SMILES string of the molecule is [O-][n+]1cccc2c1Nc1ccc(Cl)cc1C2(Cc1ccccn1)C(F)F. The van der Waals surface area contributed by atoms with Crippen LogP contribution >= 0.6 is 11.6 Å². The minimum absolute atomic E-state index is 0.0580. The largest absolute Gasteiger partial charge is 0.711 e. The molecule has 2 aromatic heterocycles. The molecule has 0 saturated carbocycles. The summed E-state index contributed by atoms with van der Waals surface area (Å²) in [5.74, 6) is 0.0959. The minimum atomic E-state index is -2.77. The van der Waals surface area contributed by atoms with E-state index in [-0.39, 0.29) is 17.8 Å². The van der Waals surface area contributed by atoms with Gasteiger partial charge in [0.25, 0.3) is 12.2 Å². The van der Waals surface area contributed by atoms with Crippen LogP contribution < -0.4 is 10.0 Å². The van der Waals surface area contributed by atoms with Gasteiger partial charge in [-0.05, 0) is 42.5 Å². The van der Waals surface area contributed by atoms with Crippen LogP contribution in [0.3, 0.4) is 0 Å². The lowest BCUT2D eigenvalue weighted by Gasteiger charge is -2.38. The number of rotatable bonds is 3. The summed E-state index contributed by atoms with van der Waals surface area (Å²) in [6.45, 7) is 0. The Labute approximate surface area is 153 Å². The van der Waals surface area contributed by atoms with E-state index in [1.54, 1.807) is 42.6 Å². The highest BCUT2D eigenvalue weighted by Gasteiger charge is 2.52. The molecule has 0 radical (unpaired) electrons. The summed E-state index contributed by atoms with van der Waals surface area (Å²) in [7, 11) is 0. The van der Waals surface area contributed by atoms with Gasteiger partial charge in [-0.2, -0.15) is 0 Å². The molecule has 0 saturated heterocycles. The monoisotopic (exact) mass is 373 g/mol. The number of nitrogens with zero attached hydrogens (tertiary/aromatic N) is 2. The molecule has 1 aliphatic heterocycles. The van der Waals surface area contributed by atoms with E-state index in [9.17, 15) is 14.0 Å². The number of benzene rings is 1. The summed E-state index contributed by atoms with van der Waals surface area (Å²) in [5, 5.41) is 15.6. The Morgan fingerprint density at radius 3 is 2.73 bits per heavy atom. The first-order valence-corrected chi connectivity index (χ1v) is 8.38. The van der Waals surface area contributed by atoms with E-state index in [0.717, 1.165) is 0 Å². The fourth-order valence-electron chi connectivity index (χ4n) is 3.53. The van der Waals surface area contributed by atoms with Gasteiger partial charge in [0.2, 0.25) is 0 Å². The number of anilines is 2. The zero-order chi connectivity index (χ0) is 18.3. The second-order valence-electron chi connectivity index (χ2n) is 6.18. The number of pyridine rings is 2. The highest BCUT2D eigenvalue weighted by molar-refractivity contribution is 6.30. The van der Waals surface area contributed by atoms with E-state index in [0.29, 0.717) is 26.7 Å². The van der Waals surface area contributed by atoms with Crippen molar-refractivity contribution in [3.63, 3.8) is 0 Å². The Bertz CT molecular complexity index is 964. The second-order valence-corrected chi connectivity index (χ2v) is 6.62. The summed E-state index contributed by atoms with van der Waals surface area (Å²) in [6, 6.07) is 13.0. The zero-order valence-corrected chi connectivity index (χ0v) is 14.3. The topological polar surface area (TPSA) is 51.9 Å². The van der Waals surface area contributed by atoms with Crippen molar-refractivity contribution in [1.29, 1.82) is 0 Å². The fraction of sp³-hybridized carbons (Fsp3) is 0.158. The highest BCUT2D eigenvalue weighted by Crippen LogP contribution is 2.50. The van der Waals surface area contributed by atoms with Crippen molar-refractivity contribution in [3.05, 3.63) is 88.0 Å². The van der Waals surface area contributed by atoms with Crippen molar-refractivity contribution >= 4 is 23.1 Å². The van der Waals surface area contributed by atoms with Gasteiger partial charge < -0.3 is 5.21 Å². The number of fused-ring (bicyclic) bond motifs is 2. The first-order valence-electron chi connectivity index (χ1n) is 8.00. The van der Waals surface area contributed by atoms with Crippen LogP contribution in [-0.4, -0.2) is 11.4 Å². The molecule has 0 amide bonds. The Morgan fingerprint density at radius 2 is 2.00 bits per heavy atom. The molecule has 0 bridgehead atoms. The Morgan fingerprint density at radius 1 is 1.15 bits per heavy atom. The Hall–Kier alpha value is -2.73. The van der Waals surface area contributed by atoms with Crippen LogP contribution in [0, 0.1) is 5.21 Å². The molecule has 3 aromatic rings.